The van der Waals surface area contributed by atoms with E-state index in [-0.39, 0.29) is 28.7 Å². The lowest BCUT2D eigenvalue weighted by Gasteiger charge is -2.30. The van der Waals surface area contributed by atoms with Crippen LogP contribution in [0.3, 0.4) is 0 Å². The summed E-state index contributed by atoms with van der Waals surface area (Å²) in [5, 5.41) is 6.57. The average molecular weight is 474 g/mol. The van der Waals surface area contributed by atoms with Crippen molar-refractivity contribution < 1.29 is 4.21 Å². The second-order valence-electron chi connectivity index (χ2n) is 7.37. The first-order valence-corrected chi connectivity index (χ1v) is 10.00. The normalized spacial score (nSPS) is 14.0. The van der Waals surface area contributed by atoms with Gasteiger partial charge in [0.1, 0.15) is 0 Å². The summed E-state index contributed by atoms with van der Waals surface area (Å²) >= 11 is 0. The van der Waals surface area contributed by atoms with Crippen LogP contribution in [-0.2, 0) is 10.8 Å². The highest BCUT2D eigenvalue weighted by Gasteiger charge is 2.18. The predicted octanol–water partition coefficient (Wildman–Crippen LogP) is 2.83. The van der Waals surface area contributed by atoms with Crippen molar-refractivity contribution in [3.8, 4) is 0 Å². The maximum Gasteiger partial charge on any atom is 0.191 e. The zero-order chi connectivity index (χ0) is 18.0. The number of hydrogen-bond acceptors (Lipinski definition) is 3. The Morgan fingerprint density at radius 1 is 1.08 bits per heavy atom. The molecule has 24 heavy (non-hydrogen) atoms. The number of nitrogens with zero attached hydrogens (tertiary/aromatic N) is 2. The summed E-state index contributed by atoms with van der Waals surface area (Å²) in [7, 11) is 0.937. The van der Waals surface area contributed by atoms with Crippen molar-refractivity contribution in [1.82, 2.24) is 15.5 Å². The van der Waals surface area contributed by atoms with Gasteiger partial charge in [0.2, 0.25) is 0 Å². The average Bonchev–Trinajstić information content (AvgIpc) is 2.42. The zero-order valence-corrected chi connectivity index (χ0v) is 20.0. The van der Waals surface area contributed by atoms with Crippen LogP contribution in [0, 0.1) is 0 Å². The number of aliphatic imine (C=N–C) groups is 1. The quantitative estimate of drug-likeness (QED) is 0.234. The van der Waals surface area contributed by atoms with Crippen LogP contribution < -0.4 is 10.6 Å². The van der Waals surface area contributed by atoms with Gasteiger partial charge in [-0.2, -0.15) is 0 Å². The summed E-state index contributed by atoms with van der Waals surface area (Å²) in [4.78, 5) is 6.71. The van der Waals surface area contributed by atoms with Crippen molar-refractivity contribution in [3.05, 3.63) is 0 Å². The number of nitrogens with one attached hydrogen (secondary N) is 2. The van der Waals surface area contributed by atoms with Crippen molar-refractivity contribution >= 4 is 40.7 Å². The molecule has 0 aromatic rings. The lowest BCUT2D eigenvalue weighted by atomic mass is 10.2. The van der Waals surface area contributed by atoms with Gasteiger partial charge in [0.05, 0.1) is 0 Å². The fourth-order valence-electron chi connectivity index (χ4n) is 2.37. The molecule has 0 amide bonds. The third kappa shape index (κ3) is 11.6. The Kier molecular flexibility index (Phi) is 14.6. The molecule has 146 valence electrons. The highest BCUT2D eigenvalue weighted by Crippen LogP contribution is 2.10. The minimum absolute atomic E-state index is 0. The first kappa shape index (κ1) is 26.3. The lowest BCUT2D eigenvalue weighted by Crippen LogP contribution is -2.42. The minimum atomic E-state index is -0.832. The van der Waals surface area contributed by atoms with Gasteiger partial charge < -0.3 is 10.6 Å². The van der Waals surface area contributed by atoms with Crippen LogP contribution in [0.1, 0.15) is 54.9 Å². The summed E-state index contributed by atoms with van der Waals surface area (Å²) < 4.78 is 11.8. The summed E-state index contributed by atoms with van der Waals surface area (Å²) in [6, 6.07) is 1.14. The molecule has 0 aliphatic carbocycles. The Bertz CT molecular complexity index is 373. The highest BCUT2D eigenvalue weighted by atomic mass is 127. The van der Waals surface area contributed by atoms with Crippen LogP contribution in [0.2, 0.25) is 0 Å². The molecule has 0 saturated carbocycles. The second-order valence-corrected chi connectivity index (χ2v) is 9.69. The van der Waals surface area contributed by atoms with Crippen LogP contribution in [-0.4, -0.2) is 64.3 Å². The minimum Gasteiger partial charge on any atom is -0.356 e. The molecule has 0 aromatic heterocycles. The molecule has 0 heterocycles. The molecule has 0 aliphatic heterocycles. The Hall–Kier alpha value is 0.110. The maximum absolute atomic E-state index is 12.0. The van der Waals surface area contributed by atoms with Gasteiger partial charge in [-0.15, -0.1) is 24.0 Å². The molecule has 0 fully saturated rings. The standard InChI is InChI=1S/C17H38N4OS.HI/c1-14(2)21(15(3)4)12-9-10-19-16(18-8)20-11-13-23(22)17(5,6)7;/h14-15H,9-13H2,1-8H3,(H2,18,19,20);1H. The molecule has 0 radical (unpaired) electrons. The van der Waals surface area contributed by atoms with Crippen molar-refractivity contribution in [2.24, 2.45) is 4.99 Å². The monoisotopic (exact) mass is 474 g/mol. The topological polar surface area (TPSA) is 56.7 Å². The van der Waals surface area contributed by atoms with E-state index < -0.39 is 10.8 Å². The van der Waals surface area contributed by atoms with Gasteiger partial charge >= 0.3 is 0 Å². The van der Waals surface area contributed by atoms with E-state index in [0.29, 0.717) is 24.4 Å². The Balaban J connectivity index is 0. The molecule has 0 spiro atoms. The largest absolute Gasteiger partial charge is 0.356 e. The van der Waals surface area contributed by atoms with Crippen LogP contribution in [0.5, 0.6) is 0 Å². The van der Waals surface area contributed by atoms with Crippen LogP contribution >= 0.6 is 24.0 Å². The van der Waals surface area contributed by atoms with Gasteiger partial charge in [-0.1, -0.05) is 0 Å². The van der Waals surface area contributed by atoms with Gasteiger partial charge in [-0.05, 0) is 54.9 Å². The van der Waals surface area contributed by atoms with Crippen molar-refractivity contribution in [2.75, 3.05) is 32.4 Å². The molecular formula is C17H39IN4OS. The van der Waals surface area contributed by atoms with Gasteiger partial charge in [-0.3, -0.25) is 14.1 Å². The van der Waals surface area contributed by atoms with Gasteiger partial charge in [0.25, 0.3) is 0 Å². The number of guanidine groups is 1. The molecule has 7 heteroatoms. The first-order valence-electron chi connectivity index (χ1n) is 8.68. The fourth-order valence-corrected chi connectivity index (χ4v) is 3.27. The Morgan fingerprint density at radius 3 is 2.00 bits per heavy atom. The Morgan fingerprint density at radius 2 is 1.58 bits per heavy atom. The lowest BCUT2D eigenvalue weighted by molar-refractivity contribution is 0.173. The molecule has 0 bridgehead atoms. The molecule has 0 saturated heterocycles. The third-order valence-electron chi connectivity index (χ3n) is 3.70. The fraction of sp³-hybridized carbons (Fsp3) is 0.941. The van der Waals surface area contributed by atoms with Crippen LogP contribution in [0.15, 0.2) is 4.99 Å². The summed E-state index contributed by atoms with van der Waals surface area (Å²) in [5.74, 6) is 1.43. The van der Waals surface area contributed by atoms with E-state index in [0.717, 1.165) is 25.5 Å². The summed E-state index contributed by atoms with van der Waals surface area (Å²) in [6.07, 6.45) is 1.07. The van der Waals surface area contributed by atoms with Crippen LogP contribution in [0.25, 0.3) is 0 Å². The smallest absolute Gasteiger partial charge is 0.191 e. The molecule has 1 unspecified atom stereocenters. The van der Waals surface area contributed by atoms with Crippen molar-refractivity contribution in [1.29, 1.82) is 0 Å². The predicted molar refractivity (Wildman–Crippen MR) is 119 cm³/mol. The van der Waals surface area contributed by atoms with E-state index in [1.807, 2.05) is 20.8 Å². The van der Waals surface area contributed by atoms with Crippen LogP contribution in [0.4, 0.5) is 0 Å². The molecule has 1 atom stereocenters. The van der Waals surface area contributed by atoms with E-state index in [1.54, 1.807) is 7.05 Å². The zero-order valence-electron chi connectivity index (χ0n) is 16.8. The summed E-state index contributed by atoms with van der Waals surface area (Å²) in [6.45, 7) is 17.6. The second kappa shape index (κ2) is 13.3. The number of rotatable bonds is 9. The first-order chi connectivity index (χ1) is 10.6. The molecule has 0 aliphatic rings. The molecular weight excluding hydrogens is 435 g/mol. The Labute approximate surface area is 169 Å². The summed E-state index contributed by atoms with van der Waals surface area (Å²) in [5.41, 5.74) is 0. The van der Waals surface area contributed by atoms with Crippen molar-refractivity contribution in [3.63, 3.8) is 0 Å². The number of hydrogen-bond donors (Lipinski definition) is 2. The maximum atomic E-state index is 12.0. The van der Waals surface area contributed by atoms with Crippen molar-refractivity contribution in [2.45, 2.75) is 71.7 Å². The van der Waals surface area contributed by atoms with E-state index in [1.165, 1.54) is 0 Å². The third-order valence-corrected chi connectivity index (χ3v) is 5.64. The van der Waals surface area contributed by atoms with E-state index >= 15 is 0 Å². The van der Waals surface area contributed by atoms with E-state index in [4.69, 9.17) is 0 Å². The van der Waals surface area contributed by atoms with Gasteiger partial charge in [0.15, 0.2) is 5.96 Å². The van der Waals surface area contributed by atoms with E-state index in [2.05, 4.69) is 48.2 Å². The van der Waals surface area contributed by atoms with Gasteiger partial charge in [0, 0.05) is 60.1 Å². The number of halogens is 1. The van der Waals surface area contributed by atoms with Gasteiger partial charge in [-0.25, -0.2) is 0 Å². The molecule has 2 N–H and O–H groups in total. The molecule has 5 nitrogen and oxygen atoms in total. The molecule has 0 rings (SSSR count). The SMILES string of the molecule is CN=C(NCCCN(C(C)C)C(C)C)NCCS(=O)C(C)(C)C.I. The van der Waals surface area contributed by atoms with E-state index in [9.17, 15) is 4.21 Å². The molecule has 0 aromatic carbocycles. The highest BCUT2D eigenvalue weighted by molar-refractivity contribution is 14.0.